The van der Waals surface area contributed by atoms with Gasteiger partial charge < -0.3 is 18.0 Å². The van der Waals surface area contributed by atoms with Crippen molar-refractivity contribution in [3.05, 3.63) is 364 Å². The third kappa shape index (κ3) is 9.68. The van der Waals surface area contributed by atoms with Crippen molar-refractivity contribution in [2.24, 2.45) is 0 Å². The maximum absolute atomic E-state index is 6.42. The molecule has 0 fully saturated rings. The van der Waals surface area contributed by atoms with E-state index in [4.69, 9.17) is 8.83 Å². The fraction of sp³-hybridized carbons (Fsp3) is 0. The summed E-state index contributed by atoms with van der Waals surface area (Å²) in [5.41, 5.74) is 31.5. The van der Waals surface area contributed by atoms with Gasteiger partial charge in [-0.25, -0.2) is 0 Å². The molecule has 0 amide bonds. The van der Waals surface area contributed by atoms with Crippen molar-refractivity contribution in [2.75, 3.05) is 0 Å². The van der Waals surface area contributed by atoms with Crippen LogP contribution in [0.4, 0.5) is 0 Å². The molecule has 0 aliphatic carbocycles. The van der Waals surface area contributed by atoms with E-state index in [1.807, 2.05) is 24.3 Å². The van der Waals surface area contributed by atoms with E-state index >= 15 is 0 Å². The predicted octanol–water partition coefficient (Wildman–Crippen LogP) is 26.7. The van der Waals surface area contributed by atoms with Crippen molar-refractivity contribution >= 4 is 87.5 Å². The van der Waals surface area contributed by atoms with E-state index in [0.29, 0.717) is 0 Å². The number of para-hydroxylation sites is 3. The molecule has 0 saturated carbocycles. The summed E-state index contributed by atoms with van der Waals surface area (Å²) in [6, 6.07) is 133. The second kappa shape index (κ2) is 23.2. The van der Waals surface area contributed by atoms with E-state index in [1.165, 1.54) is 88.3 Å². The molecule has 20 rings (SSSR count). The van der Waals surface area contributed by atoms with E-state index in [9.17, 15) is 0 Å². The molecular formula is C96H60N2O2. The summed E-state index contributed by atoms with van der Waals surface area (Å²) in [5, 5.41) is 9.39. The van der Waals surface area contributed by atoms with Crippen molar-refractivity contribution in [3.8, 4) is 112 Å². The number of benzene rings is 16. The van der Waals surface area contributed by atoms with Gasteiger partial charge in [-0.1, -0.05) is 255 Å². The zero-order valence-electron chi connectivity index (χ0n) is 54.4. The van der Waals surface area contributed by atoms with Gasteiger partial charge in [0, 0.05) is 60.0 Å². The number of furan rings is 2. The lowest BCUT2D eigenvalue weighted by atomic mass is 9.95. The molecule has 0 unspecified atom stereocenters. The number of aromatic nitrogens is 2. The standard InChI is InChI=1S/C96H60N2O2/c1-3-14-61(15-4-1)73-40-49-89-84(56-73)86-58-76(42-51-91(86)97(89)78-45-36-65(37-46-78)63-28-30-67(31-29-63)75-44-53-95-88(60-75)82-23-8-9-26-93(82)99-95)71-20-11-18-69(54-71)70-19-12-21-72(55-70)77-43-52-92-87(59-77)85-57-74(62-16-5-2-6-17-62)41-50-90(85)98(92)79-47-38-66(39-48-79)64-32-34-68(35-33-64)80-24-13-25-83-81-22-7-10-27-94(81)100-96(80)83/h1-60H. The Kier molecular flexibility index (Phi) is 13.2. The van der Waals surface area contributed by atoms with Crippen LogP contribution < -0.4 is 0 Å². The number of hydrogen-bond acceptors (Lipinski definition) is 2. The summed E-state index contributed by atoms with van der Waals surface area (Å²) in [7, 11) is 0. The second-order valence-electron chi connectivity index (χ2n) is 26.3. The van der Waals surface area contributed by atoms with Gasteiger partial charge in [0.15, 0.2) is 0 Å². The number of hydrogen-bond donors (Lipinski definition) is 0. The predicted molar refractivity (Wildman–Crippen MR) is 419 cm³/mol. The van der Waals surface area contributed by atoms with Crippen LogP contribution in [0.5, 0.6) is 0 Å². The molecule has 0 bridgehead atoms. The molecule has 0 saturated heterocycles. The molecule has 0 radical (unpaired) electrons. The highest BCUT2D eigenvalue weighted by atomic mass is 16.3. The third-order valence-corrected chi connectivity index (χ3v) is 20.6. The van der Waals surface area contributed by atoms with Gasteiger partial charge in [0.05, 0.1) is 22.1 Å². The molecule has 20 aromatic rings. The molecule has 0 spiro atoms. The molecule has 0 aliphatic heterocycles. The van der Waals surface area contributed by atoms with E-state index in [1.54, 1.807) is 0 Å². The summed E-state index contributed by atoms with van der Waals surface area (Å²) in [4.78, 5) is 0. The summed E-state index contributed by atoms with van der Waals surface area (Å²) in [6.45, 7) is 0. The first kappa shape index (κ1) is 57.0. The van der Waals surface area contributed by atoms with Gasteiger partial charge in [0.1, 0.15) is 22.3 Å². The van der Waals surface area contributed by atoms with Gasteiger partial charge in [-0.3, -0.25) is 0 Å². The van der Waals surface area contributed by atoms with Gasteiger partial charge in [0.2, 0.25) is 0 Å². The van der Waals surface area contributed by atoms with E-state index in [0.717, 1.165) is 111 Å². The zero-order valence-corrected chi connectivity index (χ0v) is 54.4. The van der Waals surface area contributed by atoms with Crippen molar-refractivity contribution < 1.29 is 8.83 Å². The van der Waals surface area contributed by atoms with Crippen LogP contribution in [0.3, 0.4) is 0 Å². The Bertz CT molecular complexity index is 6590. The first-order valence-corrected chi connectivity index (χ1v) is 34.2. The Morgan fingerprint density at radius 2 is 0.440 bits per heavy atom. The summed E-state index contributed by atoms with van der Waals surface area (Å²) in [6.07, 6.45) is 0. The second-order valence-corrected chi connectivity index (χ2v) is 26.3. The van der Waals surface area contributed by atoms with Crippen molar-refractivity contribution in [1.29, 1.82) is 0 Å². The molecule has 0 N–H and O–H groups in total. The van der Waals surface area contributed by atoms with Gasteiger partial charge in [-0.2, -0.15) is 0 Å². The average Bonchev–Trinajstić information content (AvgIpc) is 1.60. The molecule has 4 heterocycles. The van der Waals surface area contributed by atoms with Crippen LogP contribution in [0, 0.1) is 0 Å². The zero-order chi connectivity index (χ0) is 65.8. The molecular weight excluding hydrogens is 1210 g/mol. The van der Waals surface area contributed by atoms with E-state index in [2.05, 4.69) is 349 Å². The summed E-state index contributed by atoms with van der Waals surface area (Å²) < 4.78 is 17.4. The molecule has 4 heteroatoms. The lowest BCUT2D eigenvalue weighted by Gasteiger charge is -2.11. The highest BCUT2D eigenvalue weighted by Gasteiger charge is 2.20. The smallest absolute Gasteiger partial charge is 0.143 e. The van der Waals surface area contributed by atoms with Crippen LogP contribution in [-0.4, -0.2) is 9.13 Å². The van der Waals surface area contributed by atoms with Crippen LogP contribution in [0.2, 0.25) is 0 Å². The number of rotatable bonds is 11. The van der Waals surface area contributed by atoms with Gasteiger partial charge >= 0.3 is 0 Å². The minimum absolute atomic E-state index is 0.908. The lowest BCUT2D eigenvalue weighted by molar-refractivity contribution is 0.669. The number of nitrogens with zero attached hydrogens (tertiary/aromatic N) is 2. The first-order chi connectivity index (χ1) is 49.5. The summed E-state index contributed by atoms with van der Waals surface area (Å²) >= 11 is 0. The van der Waals surface area contributed by atoms with Crippen molar-refractivity contribution in [3.63, 3.8) is 0 Å². The Labute approximate surface area is 577 Å². The Morgan fingerprint density at radius 3 is 0.890 bits per heavy atom. The average molecular weight is 1270 g/mol. The molecule has 0 aliphatic rings. The van der Waals surface area contributed by atoms with Gasteiger partial charge in [-0.15, -0.1) is 0 Å². The van der Waals surface area contributed by atoms with Crippen molar-refractivity contribution in [2.45, 2.75) is 0 Å². The van der Waals surface area contributed by atoms with E-state index in [-0.39, 0.29) is 0 Å². The minimum Gasteiger partial charge on any atom is -0.456 e. The highest BCUT2D eigenvalue weighted by Crippen LogP contribution is 2.43. The quantitative estimate of drug-likeness (QED) is 0.129. The Morgan fingerprint density at radius 1 is 0.160 bits per heavy atom. The van der Waals surface area contributed by atoms with Crippen LogP contribution in [0.15, 0.2) is 373 Å². The van der Waals surface area contributed by atoms with Crippen LogP contribution >= 0.6 is 0 Å². The fourth-order valence-corrected chi connectivity index (χ4v) is 15.5. The van der Waals surface area contributed by atoms with Gasteiger partial charge in [-0.05, 0) is 204 Å². The maximum Gasteiger partial charge on any atom is 0.143 e. The molecule has 4 nitrogen and oxygen atoms in total. The Balaban J connectivity index is 0.615. The minimum atomic E-state index is 0.908. The van der Waals surface area contributed by atoms with Crippen molar-refractivity contribution in [1.82, 2.24) is 9.13 Å². The monoisotopic (exact) mass is 1270 g/mol. The fourth-order valence-electron chi connectivity index (χ4n) is 15.5. The molecule has 16 aromatic carbocycles. The Hall–Kier alpha value is -13.3. The number of fused-ring (bicyclic) bond motifs is 12. The topological polar surface area (TPSA) is 36.1 Å². The van der Waals surface area contributed by atoms with E-state index < -0.39 is 0 Å². The third-order valence-electron chi connectivity index (χ3n) is 20.6. The van der Waals surface area contributed by atoms with Crippen LogP contribution in [-0.2, 0) is 0 Å². The molecule has 4 aromatic heterocycles. The van der Waals surface area contributed by atoms with Crippen LogP contribution in [0.1, 0.15) is 0 Å². The molecule has 466 valence electrons. The highest BCUT2D eigenvalue weighted by molar-refractivity contribution is 6.14. The molecule has 100 heavy (non-hydrogen) atoms. The largest absolute Gasteiger partial charge is 0.456 e. The maximum atomic E-state index is 6.42. The van der Waals surface area contributed by atoms with Gasteiger partial charge in [0.25, 0.3) is 0 Å². The lowest BCUT2D eigenvalue weighted by Crippen LogP contribution is -1.94. The first-order valence-electron chi connectivity index (χ1n) is 34.2. The summed E-state index contributed by atoms with van der Waals surface area (Å²) in [5.74, 6) is 0. The normalized spacial score (nSPS) is 11.8. The molecule has 0 atom stereocenters. The van der Waals surface area contributed by atoms with Crippen LogP contribution in [0.25, 0.3) is 199 Å². The SMILES string of the molecule is c1ccc(-c2ccc3c(c2)c2cc(-c4cccc(-c5cccc(-c6ccc7c(c6)c6cc(-c8ccccc8)ccc6n7-c6ccc(-c7ccc(-c8cccc9c8oc8ccccc89)cc7)cc6)c5)c4)ccc2n3-c2ccc(-c3ccc(-c4ccc5oc6ccccc6c5c4)cc3)cc2)cc1.